The van der Waals surface area contributed by atoms with Crippen molar-refractivity contribution in [1.29, 1.82) is 0 Å². The lowest BCUT2D eigenvalue weighted by Crippen LogP contribution is -2.27. The lowest BCUT2D eigenvalue weighted by molar-refractivity contribution is -0.145. The fraction of sp³-hybridized carbons (Fsp3) is 0.400. The fourth-order valence-electron chi connectivity index (χ4n) is 4.58. The number of aliphatic carboxylic acids is 1. The van der Waals surface area contributed by atoms with Crippen molar-refractivity contribution in [2.75, 3.05) is 11.9 Å². The number of nitrogens with one attached hydrogen (secondary N) is 1. The van der Waals surface area contributed by atoms with Crippen molar-refractivity contribution in [3.8, 4) is 0 Å². The van der Waals surface area contributed by atoms with Crippen LogP contribution >= 0.6 is 0 Å². The van der Waals surface area contributed by atoms with Crippen LogP contribution in [0.4, 0.5) is 5.69 Å². The quantitative estimate of drug-likeness (QED) is 0.175. The molecule has 41 heavy (non-hydrogen) atoms. The van der Waals surface area contributed by atoms with Gasteiger partial charge in [-0.25, -0.2) is 0 Å². The van der Waals surface area contributed by atoms with Gasteiger partial charge in [0.25, 0.3) is 0 Å². The number of unbranched alkanes of at least 4 members (excludes halogenated alkanes) is 1. The first-order valence-electron chi connectivity index (χ1n) is 14.7. The average molecular weight is 557 g/mol. The van der Waals surface area contributed by atoms with Gasteiger partial charge in [0.1, 0.15) is 0 Å². The number of hydrogen-bond acceptors (Lipinski definition) is 4. The van der Waals surface area contributed by atoms with Crippen molar-refractivity contribution in [2.45, 2.75) is 72.3 Å². The monoisotopic (exact) mass is 556 g/mol. The molecule has 0 aliphatic rings. The highest BCUT2D eigenvalue weighted by Gasteiger charge is 2.26. The first-order chi connectivity index (χ1) is 19.7. The van der Waals surface area contributed by atoms with E-state index in [-0.39, 0.29) is 18.2 Å². The van der Waals surface area contributed by atoms with Crippen molar-refractivity contribution in [3.63, 3.8) is 0 Å². The van der Waals surface area contributed by atoms with Gasteiger partial charge in [0.2, 0.25) is 5.91 Å². The van der Waals surface area contributed by atoms with Gasteiger partial charge in [-0.15, -0.1) is 0 Å². The van der Waals surface area contributed by atoms with E-state index < -0.39 is 11.9 Å². The standard InChI is InChI=1S/C35H44N2O4/c1-5-26(4)33(35(39)40)23-34(38)37-31-13-8-11-28(22-31)17-20-30-12-9-14-32(36-30)24-41-21-7-6-10-27-15-18-29(19-16-27)25(2)3/h8-9,11-20,22,25-26,33H,5-7,10,21,23-24H2,1-4H3,(H,37,38)(H,39,40). The van der Waals surface area contributed by atoms with E-state index in [2.05, 4.69) is 48.4 Å². The Morgan fingerprint density at radius 3 is 2.44 bits per heavy atom. The van der Waals surface area contributed by atoms with Gasteiger partial charge in [-0.2, -0.15) is 0 Å². The number of carbonyl (C=O) groups is 2. The van der Waals surface area contributed by atoms with Crippen LogP contribution in [0.5, 0.6) is 0 Å². The van der Waals surface area contributed by atoms with Gasteiger partial charge in [0, 0.05) is 18.7 Å². The predicted octanol–water partition coefficient (Wildman–Crippen LogP) is 7.99. The van der Waals surface area contributed by atoms with Crippen LogP contribution in [0.3, 0.4) is 0 Å². The van der Waals surface area contributed by atoms with Gasteiger partial charge in [-0.05, 0) is 78.1 Å². The van der Waals surface area contributed by atoms with Crippen LogP contribution in [0.2, 0.25) is 0 Å². The second-order valence-corrected chi connectivity index (χ2v) is 11.0. The zero-order valence-corrected chi connectivity index (χ0v) is 24.8. The van der Waals surface area contributed by atoms with Gasteiger partial charge >= 0.3 is 5.97 Å². The first kappa shape index (κ1) is 31.8. The largest absolute Gasteiger partial charge is 0.481 e. The zero-order valence-electron chi connectivity index (χ0n) is 24.8. The van der Waals surface area contributed by atoms with Gasteiger partial charge in [0.15, 0.2) is 0 Å². The van der Waals surface area contributed by atoms with Gasteiger partial charge < -0.3 is 15.2 Å². The Kier molecular flexibility index (Phi) is 12.8. The molecule has 0 fully saturated rings. The zero-order chi connectivity index (χ0) is 29.6. The van der Waals surface area contributed by atoms with E-state index in [9.17, 15) is 14.7 Å². The Morgan fingerprint density at radius 1 is 0.976 bits per heavy atom. The third-order valence-electron chi connectivity index (χ3n) is 7.40. The molecule has 1 aromatic heterocycles. The fourth-order valence-corrected chi connectivity index (χ4v) is 4.58. The molecule has 3 aromatic rings. The molecule has 2 unspecified atom stereocenters. The number of ether oxygens (including phenoxy) is 1. The number of benzene rings is 2. The van der Waals surface area contributed by atoms with E-state index >= 15 is 0 Å². The highest BCUT2D eigenvalue weighted by atomic mass is 16.5. The summed E-state index contributed by atoms with van der Waals surface area (Å²) in [5.74, 6) is -1.44. The summed E-state index contributed by atoms with van der Waals surface area (Å²) >= 11 is 0. The Hall–Kier alpha value is -3.77. The van der Waals surface area contributed by atoms with Crippen LogP contribution in [0, 0.1) is 11.8 Å². The topological polar surface area (TPSA) is 88.5 Å². The summed E-state index contributed by atoms with van der Waals surface area (Å²) in [7, 11) is 0. The number of carboxylic acid groups (broad SMARTS) is 1. The van der Waals surface area contributed by atoms with Crippen molar-refractivity contribution in [2.24, 2.45) is 11.8 Å². The number of aromatic nitrogens is 1. The minimum Gasteiger partial charge on any atom is -0.481 e. The van der Waals surface area contributed by atoms with Crippen molar-refractivity contribution >= 4 is 29.7 Å². The number of carboxylic acids is 1. The molecule has 0 saturated heterocycles. The second-order valence-electron chi connectivity index (χ2n) is 11.0. The summed E-state index contributed by atoms with van der Waals surface area (Å²) in [5.41, 5.74) is 5.99. The van der Waals surface area contributed by atoms with Crippen LogP contribution in [0.25, 0.3) is 12.2 Å². The van der Waals surface area contributed by atoms with Gasteiger partial charge in [0.05, 0.1) is 23.9 Å². The van der Waals surface area contributed by atoms with Crippen molar-refractivity contribution < 1.29 is 19.4 Å². The van der Waals surface area contributed by atoms with E-state index in [4.69, 9.17) is 4.74 Å². The smallest absolute Gasteiger partial charge is 0.307 e. The maximum atomic E-state index is 12.5. The number of amides is 1. The van der Waals surface area contributed by atoms with E-state index in [1.807, 2.05) is 62.4 Å². The summed E-state index contributed by atoms with van der Waals surface area (Å²) in [5, 5.41) is 12.3. The molecule has 1 amide bonds. The summed E-state index contributed by atoms with van der Waals surface area (Å²) in [6, 6.07) is 22.3. The van der Waals surface area contributed by atoms with E-state index in [1.54, 1.807) is 6.07 Å². The van der Waals surface area contributed by atoms with Crippen LogP contribution in [0.15, 0.2) is 66.7 Å². The molecule has 6 nitrogen and oxygen atoms in total. The van der Waals surface area contributed by atoms with E-state index in [0.29, 0.717) is 31.2 Å². The summed E-state index contributed by atoms with van der Waals surface area (Å²) < 4.78 is 5.88. The van der Waals surface area contributed by atoms with Crippen molar-refractivity contribution in [3.05, 3.63) is 94.8 Å². The van der Waals surface area contributed by atoms with Crippen LogP contribution in [-0.4, -0.2) is 28.6 Å². The number of pyridine rings is 1. The average Bonchev–Trinajstić information content (AvgIpc) is 2.96. The number of aryl methyl sites for hydroxylation is 1. The molecular weight excluding hydrogens is 512 g/mol. The molecule has 0 saturated carbocycles. The second kappa shape index (κ2) is 16.5. The van der Waals surface area contributed by atoms with Gasteiger partial charge in [-0.1, -0.05) is 82.7 Å². The lowest BCUT2D eigenvalue weighted by atomic mass is 9.89. The number of anilines is 1. The molecule has 0 bridgehead atoms. The maximum Gasteiger partial charge on any atom is 0.307 e. The molecule has 3 rings (SSSR count). The number of rotatable bonds is 16. The maximum absolute atomic E-state index is 12.5. The summed E-state index contributed by atoms with van der Waals surface area (Å²) in [6.07, 6.45) is 7.69. The molecule has 0 aliphatic heterocycles. The summed E-state index contributed by atoms with van der Waals surface area (Å²) in [4.78, 5) is 28.7. The molecule has 2 N–H and O–H groups in total. The first-order valence-corrected chi connectivity index (χ1v) is 14.7. The number of hydrogen-bond donors (Lipinski definition) is 2. The molecule has 0 spiro atoms. The molecule has 1 heterocycles. The highest BCUT2D eigenvalue weighted by molar-refractivity contribution is 5.93. The van der Waals surface area contributed by atoms with Crippen LogP contribution < -0.4 is 5.32 Å². The number of carbonyl (C=O) groups excluding carboxylic acids is 1. The Bertz CT molecular complexity index is 1280. The Balaban J connectivity index is 1.44. The van der Waals surface area contributed by atoms with E-state index in [1.165, 1.54) is 11.1 Å². The minimum atomic E-state index is -0.936. The summed E-state index contributed by atoms with van der Waals surface area (Å²) in [6.45, 7) is 9.40. The van der Waals surface area contributed by atoms with Crippen molar-refractivity contribution in [1.82, 2.24) is 4.98 Å². The third-order valence-corrected chi connectivity index (χ3v) is 7.40. The lowest BCUT2D eigenvalue weighted by Gasteiger charge is -2.18. The normalized spacial score (nSPS) is 12.9. The Morgan fingerprint density at radius 2 is 1.73 bits per heavy atom. The molecule has 2 atom stereocenters. The highest BCUT2D eigenvalue weighted by Crippen LogP contribution is 2.21. The third kappa shape index (κ3) is 11.0. The van der Waals surface area contributed by atoms with E-state index in [0.717, 1.165) is 36.2 Å². The molecular formula is C35H44N2O4. The Labute approximate surface area is 244 Å². The molecule has 2 aromatic carbocycles. The molecule has 0 radical (unpaired) electrons. The van der Waals surface area contributed by atoms with Gasteiger partial charge in [-0.3, -0.25) is 14.6 Å². The molecule has 218 valence electrons. The van der Waals surface area contributed by atoms with Crippen LogP contribution in [0.1, 0.15) is 87.4 Å². The molecule has 6 heteroatoms. The minimum absolute atomic E-state index is 0.0462. The predicted molar refractivity (Wildman–Crippen MR) is 167 cm³/mol. The molecule has 0 aliphatic carbocycles. The number of nitrogens with zero attached hydrogens (tertiary/aromatic N) is 1. The SMILES string of the molecule is CCC(C)C(CC(=O)Nc1cccc(C=Cc2cccc(COCCCCc3ccc(C(C)C)cc3)n2)c1)C(=O)O. The van der Waals surface area contributed by atoms with Crippen LogP contribution in [-0.2, 0) is 27.4 Å².